The Bertz CT molecular complexity index is 1250. The van der Waals surface area contributed by atoms with Gasteiger partial charge < -0.3 is 9.47 Å². The summed E-state index contributed by atoms with van der Waals surface area (Å²) in [6, 6.07) is 9.39. The summed E-state index contributed by atoms with van der Waals surface area (Å²) < 4.78 is 38.5. The quantitative estimate of drug-likeness (QED) is 0.585. The number of fused-ring (bicyclic) bond motifs is 2. The van der Waals surface area contributed by atoms with Crippen LogP contribution in [-0.2, 0) is 28.7 Å². The van der Waals surface area contributed by atoms with E-state index in [0.29, 0.717) is 11.1 Å². The Kier molecular flexibility index (Phi) is 6.23. The van der Waals surface area contributed by atoms with Crippen LogP contribution in [0, 0.1) is 35.3 Å². The first kappa shape index (κ1) is 26.1. The fourth-order valence-electron chi connectivity index (χ4n) is 6.88. The number of carbonyl (C=O) groups is 4. The summed E-state index contributed by atoms with van der Waals surface area (Å²) in [7, 11) is 2.35. The topological polar surface area (TPSA) is 111 Å². The molecule has 3 fully saturated rings. The molecule has 38 heavy (non-hydrogen) atoms. The van der Waals surface area contributed by atoms with Crippen LogP contribution in [0.5, 0.6) is 0 Å². The van der Waals surface area contributed by atoms with Crippen LogP contribution in [0.3, 0.4) is 0 Å². The molecule has 200 valence electrons. The van der Waals surface area contributed by atoms with Crippen molar-refractivity contribution >= 4 is 23.5 Å². The SMILES string of the molecule is COC(=O)[C@@]1(C)N[C@@H](c2cccc(F)c2)[C@H]2C(=O)[C@H]3[C@@H](C(=O)[C@H]21)[C@@](C)(C(=O)OC)N[C@H]3c1cccc(F)c1. The van der Waals surface area contributed by atoms with Crippen molar-refractivity contribution in [3.05, 3.63) is 71.3 Å². The molecule has 2 aromatic carbocycles. The van der Waals surface area contributed by atoms with Gasteiger partial charge in [0.2, 0.25) is 0 Å². The Balaban J connectivity index is 1.71. The monoisotopic (exact) mass is 526 g/mol. The van der Waals surface area contributed by atoms with Gasteiger partial charge in [-0.15, -0.1) is 0 Å². The normalized spacial score (nSPS) is 35.9. The molecule has 0 bridgehead atoms. The molecular weight excluding hydrogens is 498 g/mol. The van der Waals surface area contributed by atoms with Crippen LogP contribution < -0.4 is 10.6 Å². The third-order valence-corrected chi connectivity index (χ3v) is 8.50. The first-order valence-corrected chi connectivity index (χ1v) is 12.3. The van der Waals surface area contributed by atoms with Crippen molar-refractivity contribution in [3.8, 4) is 0 Å². The minimum Gasteiger partial charge on any atom is -0.468 e. The zero-order valence-corrected chi connectivity index (χ0v) is 21.3. The molecule has 1 aliphatic carbocycles. The molecule has 5 rings (SSSR count). The van der Waals surface area contributed by atoms with Crippen molar-refractivity contribution in [2.45, 2.75) is 37.0 Å². The van der Waals surface area contributed by atoms with Crippen molar-refractivity contribution in [2.75, 3.05) is 14.2 Å². The minimum atomic E-state index is -1.64. The molecule has 0 spiro atoms. The van der Waals surface area contributed by atoms with E-state index >= 15 is 0 Å². The van der Waals surface area contributed by atoms with E-state index in [2.05, 4.69) is 10.6 Å². The molecule has 0 aromatic heterocycles. The lowest BCUT2D eigenvalue weighted by Gasteiger charge is -2.41. The van der Waals surface area contributed by atoms with Gasteiger partial charge in [-0.1, -0.05) is 24.3 Å². The molecule has 2 aromatic rings. The van der Waals surface area contributed by atoms with Crippen LogP contribution in [0.4, 0.5) is 8.78 Å². The standard InChI is InChI=1S/C28H28F2N2O6/c1-27(25(35)37-3)19-17(21(31-27)13-7-5-9-15(29)11-13)23(33)18-20(24(19)34)28(2,26(36)38-4)32-22(18)14-8-6-10-16(30)12-14/h5-12,17-22,31-32H,1-4H3/t17-,18-,19-,20-,21-,22-,27-,28-/m0/s1. The highest BCUT2D eigenvalue weighted by Crippen LogP contribution is 2.57. The van der Waals surface area contributed by atoms with Gasteiger partial charge in [0.15, 0.2) is 0 Å². The van der Waals surface area contributed by atoms with Crippen molar-refractivity contribution in [3.63, 3.8) is 0 Å². The van der Waals surface area contributed by atoms with Gasteiger partial charge in [0, 0.05) is 23.9 Å². The van der Waals surface area contributed by atoms with Crippen molar-refractivity contribution in [2.24, 2.45) is 23.7 Å². The number of halogens is 2. The van der Waals surface area contributed by atoms with Gasteiger partial charge in [-0.05, 0) is 49.2 Å². The molecule has 1 saturated carbocycles. The molecule has 2 saturated heterocycles. The first-order valence-electron chi connectivity index (χ1n) is 12.3. The van der Waals surface area contributed by atoms with Crippen LogP contribution in [0.2, 0.25) is 0 Å². The number of Topliss-reactive ketones (excluding diaryl/α,β-unsaturated/α-hetero) is 2. The summed E-state index contributed by atoms with van der Waals surface area (Å²) in [6.45, 7) is 2.95. The number of hydrogen-bond donors (Lipinski definition) is 2. The lowest BCUT2D eigenvalue weighted by Crippen LogP contribution is -2.61. The number of ether oxygens (including phenoxy) is 2. The summed E-state index contributed by atoms with van der Waals surface area (Å²) in [5, 5.41) is 6.22. The Morgan fingerprint density at radius 3 is 1.47 bits per heavy atom. The van der Waals surface area contributed by atoms with E-state index in [4.69, 9.17) is 9.47 Å². The Labute approximate surface area is 218 Å². The fourth-order valence-corrected chi connectivity index (χ4v) is 6.88. The van der Waals surface area contributed by atoms with E-state index in [-0.39, 0.29) is 0 Å². The zero-order valence-electron chi connectivity index (χ0n) is 21.3. The summed E-state index contributed by atoms with van der Waals surface area (Å²) in [4.78, 5) is 55.0. The number of rotatable bonds is 4. The lowest BCUT2D eigenvalue weighted by molar-refractivity contribution is -0.160. The Hall–Kier alpha value is -3.50. The van der Waals surface area contributed by atoms with E-state index in [0.717, 1.165) is 0 Å². The second kappa shape index (κ2) is 9.06. The van der Waals surface area contributed by atoms with Crippen LogP contribution in [-0.4, -0.2) is 48.8 Å². The molecule has 2 aliphatic heterocycles. The van der Waals surface area contributed by atoms with Crippen molar-refractivity contribution in [1.29, 1.82) is 0 Å². The maximum Gasteiger partial charge on any atom is 0.326 e. The molecule has 0 amide bonds. The van der Waals surface area contributed by atoms with Gasteiger partial charge in [0.05, 0.1) is 26.1 Å². The second-order valence-corrected chi connectivity index (χ2v) is 10.6. The Morgan fingerprint density at radius 2 is 1.13 bits per heavy atom. The van der Waals surface area contributed by atoms with Crippen LogP contribution >= 0.6 is 0 Å². The summed E-state index contributed by atoms with van der Waals surface area (Å²) >= 11 is 0. The third kappa shape index (κ3) is 3.61. The van der Waals surface area contributed by atoms with E-state index in [1.807, 2.05) is 0 Å². The largest absolute Gasteiger partial charge is 0.468 e. The summed E-state index contributed by atoms with van der Waals surface area (Å²) in [6.07, 6.45) is 0. The highest BCUT2D eigenvalue weighted by Gasteiger charge is 2.72. The van der Waals surface area contributed by atoms with Crippen molar-refractivity contribution in [1.82, 2.24) is 10.6 Å². The van der Waals surface area contributed by atoms with E-state index in [1.165, 1.54) is 64.5 Å². The molecule has 8 atom stereocenters. The minimum absolute atomic E-state index is 0.385. The van der Waals surface area contributed by atoms with Gasteiger partial charge in [0.25, 0.3) is 0 Å². The average Bonchev–Trinajstić information content (AvgIpc) is 3.40. The maximum atomic E-state index is 14.4. The van der Waals surface area contributed by atoms with Gasteiger partial charge in [-0.25, -0.2) is 8.78 Å². The van der Waals surface area contributed by atoms with Crippen molar-refractivity contribution < 1.29 is 37.4 Å². The molecule has 0 unspecified atom stereocenters. The van der Waals surface area contributed by atoms with E-state index in [9.17, 15) is 28.0 Å². The van der Waals surface area contributed by atoms with Gasteiger partial charge in [-0.2, -0.15) is 0 Å². The number of methoxy groups -OCH3 is 2. The predicted molar refractivity (Wildman–Crippen MR) is 129 cm³/mol. The van der Waals surface area contributed by atoms with E-state index < -0.39 is 82.0 Å². The second-order valence-electron chi connectivity index (χ2n) is 10.6. The third-order valence-electron chi connectivity index (χ3n) is 8.50. The van der Waals surface area contributed by atoms with Crippen LogP contribution in [0.15, 0.2) is 48.5 Å². The molecule has 2 heterocycles. The predicted octanol–water partition coefficient (Wildman–Crippen LogP) is 2.43. The molecule has 8 nitrogen and oxygen atoms in total. The molecule has 10 heteroatoms. The lowest BCUT2D eigenvalue weighted by atomic mass is 9.58. The highest BCUT2D eigenvalue weighted by molar-refractivity contribution is 6.08. The van der Waals surface area contributed by atoms with E-state index in [1.54, 1.807) is 12.1 Å². The number of carbonyl (C=O) groups excluding carboxylic acids is 4. The number of hydrogen-bond acceptors (Lipinski definition) is 8. The van der Waals surface area contributed by atoms with Crippen LogP contribution in [0.1, 0.15) is 37.1 Å². The summed E-state index contributed by atoms with van der Waals surface area (Å²) in [5.41, 5.74) is -2.50. The zero-order chi connectivity index (χ0) is 27.6. The summed E-state index contributed by atoms with van der Waals surface area (Å²) in [5.74, 6) is -8.10. The van der Waals surface area contributed by atoms with Gasteiger partial charge in [-0.3, -0.25) is 29.8 Å². The van der Waals surface area contributed by atoms with Gasteiger partial charge in [0.1, 0.15) is 34.3 Å². The molecule has 3 aliphatic rings. The smallest absolute Gasteiger partial charge is 0.326 e. The number of benzene rings is 2. The highest BCUT2D eigenvalue weighted by atomic mass is 19.1. The number of ketones is 2. The number of esters is 2. The number of nitrogens with one attached hydrogen (secondary N) is 2. The molecular formula is C28H28F2N2O6. The fraction of sp³-hybridized carbons (Fsp3) is 0.429. The Morgan fingerprint density at radius 1 is 0.737 bits per heavy atom. The maximum absolute atomic E-state index is 14.4. The molecule has 2 N–H and O–H groups in total. The molecule has 0 radical (unpaired) electrons. The average molecular weight is 527 g/mol. The van der Waals surface area contributed by atoms with Gasteiger partial charge >= 0.3 is 11.9 Å². The first-order chi connectivity index (χ1) is 18.0. The van der Waals surface area contributed by atoms with Crippen LogP contribution in [0.25, 0.3) is 0 Å².